The Balaban J connectivity index is 1.83. The topological polar surface area (TPSA) is 82.4 Å². The fraction of sp³-hybridized carbons (Fsp3) is 0.281. The number of carbonyl (C=O) groups excluding carboxylic acids is 1. The number of thiazole rings is 1. The number of nitrogens with zero attached hydrogens (tertiary/aromatic N) is 3. The van der Waals surface area contributed by atoms with Gasteiger partial charge in [-0.05, 0) is 84.0 Å². The predicted octanol–water partition coefficient (Wildman–Crippen LogP) is 4.89. The van der Waals surface area contributed by atoms with E-state index in [9.17, 15) is 9.59 Å². The van der Waals surface area contributed by atoms with Gasteiger partial charge in [-0.2, -0.15) is 0 Å². The Kier molecular flexibility index (Phi) is 8.74. The van der Waals surface area contributed by atoms with E-state index in [1.54, 1.807) is 30.8 Å². The summed E-state index contributed by atoms with van der Waals surface area (Å²) in [7, 11) is 4.79. The van der Waals surface area contributed by atoms with Gasteiger partial charge in [0.05, 0.1) is 40.7 Å². The average molecular weight is 698 g/mol. The number of ether oxygens (including phenoxy) is 3. The van der Waals surface area contributed by atoms with Gasteiger partial charge in [0.1, 0.15) is 11.8 Å². The number of hydrogen-bond acceptors (Lipinski definition) is 7. The molecule has 1 aliphatic heterocycles. The number of aromatic nitrogens is 1. The van der Waals surface area contributed by atoms with Gasteiger partial charge in [-0.25, -0.2) is 4.99 Å². The Morgan fingerprint density at radius 1 is 1.05 bits per heavy atom. The minimum atomic E-state index is -0.733. The molecule has 5 rings (SSSR count). The van der Waals surface area contributed by atoms with Crippen molar-refractivity contribution in [1.82, 2.24) is 9.47 Å². The second-order valence-electron chi connectivity index (χ2n) is 9.70. The highest BCUT2D eigenvalue weighted by atomic mass is 127. The summed E-state index contributed by atoms with van der Waals surface area (Å²) >= 11 is 3.48. The smallest absolute Gasteiger partial charge is 0.271 e. The standard InChI is InChI=1S/C32H32IN3O5S/c1-7-35(8-2)31(38)26-18(3)34-32-36(28(26)27-21-12-10-9-11-20(21)13-14-23(27)39-4)30(37)25(42-32)17-19-15-22(33)29(41-6)24(16-19)40-5/h9-17,28H,7-8H2,1-6H3/b25-17+/t28-/m1/s1. The average Bonchev–Trinajstić information content (AvgIpc) is 3.29. The highest BCUT2D eigenvalue weighted by molar-refractivity contribution is 14.1. The molecule has 2 heterocycles. The Morgan fingerprint density at radius 3 is 2.43 bits per heavy atom. The van der Waals surface area contributed by atoms with E-state index < -0.39 is 6.04 Å². The van der Waals surface area contributed by atoms with E-state index in [1.807, 2.05) is 75.4 Å². The molecule has 8 nitrogen and oxygen atoms in total. The van der Waals surface area contributed by atoms with Gasteiger partial charge in [0.2, 0.25) is 0 Å². The van der Waals surface area contributed by atoms with E-state index in [4.69, 9.17) is 19.2 Å². The molecule has 0 spiro atoms. The lowest BCUT2D eigenvalue weighted by atomic mass is 9.90. The summed E-state index contributed by atoms with van der Waals surface area (Å²) in [6, 6.07) is 14.9. The van der Waals surface area contributed by atoms with Crippen LogP contribution in [0, 0.1) is 3.57 Å². The van der Waals surface area contributed by atoms with Crippen molar-refractivity contribution in [1.29, 1.82) is 0 Å². The summed E-state index contributed by atoms with van der Waals surface area (Å²) in [5, 5.41) is 1.89. The fourth-order valence-electron chi connectivity index (χ4n) is 5.46. The van der Waals surface area contributed by atoms with Gasteiger partial charge >= 0.3 is 0 Å². The number of allylic oxidation sites excluding steroid dienone is 1. The highest BCUT2D eigenvalue weighted by Crippen LogP contribution is 2.40. The molecule has 0 radical (unpaired) electrons. The van der Waals surface area contributed by atoms with Crippen molar-refractivity contribution in [2.24, 2.45) is 4.99 Å². The summed E-state index contributed by atoms with van der Waals surface area (Å²) in [5.74, 6) is 1.66. The van der Waals surface area contributed by atoms with Crippen LogP contribution in [0.15, 0.2) is 69.6 Å². The number of benzene rings is 3. The van der Waals surface area contributed by atoms with Crippen molar-refractivity contribution in [3.8, 4) is 17.2 Å². The van der Waals surface area contributed by atoms with Crippen molar-refractivity contribution in [2.45, 2.75) is 26.8 Å². The van der Waals surface area contributed by atoms with Crippen LogP contribution in [0.25, 0.3) is 16.8 Å². The van der Waals surface area contributed by atoms with E-state index >= 15 is 0 Å². The van der Waals surface area contributed by atoms with Gasteiger partial charge in [-0.15, -0.1) is 0 Å². The molecule has 0 N–H and O–H groups in total. The molecule has 4 aromatic rings. The van der Waals surface area contributed by atoms with Gasteiger partial charge in [-0.1, -0.05) is 41.7 Å². The number of rotatable bonds is 8. The summed E-state index contributed by atoms with van der Waals surface area (Å²) < 4.78 is 19.9. The minimum absolute atomic E-state index is 0.148. The van der Waals surface area contributed by atoms with Gasteiger partial charge in [0.15, 0.2) is 16.3 Å². The first-order valence-corrected chi connectivity index (χ1v) is 15.5. The maximum absolute atomic E-state index is 14.3. The largest absolute Gasteiger partial charge is 0.496 e. The van der Waals surface area contributed by atoms with Crippen LogP contribution >= 0.6 is 33.9 Å². The predicted molar refractivity (Wildman–Crippen MR) is 174 cm³/mol. The number of methoxy groups -OCH3 is 3. The molecule has 3 aromatic carbocycles. The molecule has 0 saturated heterocycles. The second kappa shape index (κ2) is 12.3. The van der Waals surface area contributed by atoms with Crippen LogP contribution in [0.4, 0.5) is 0 Å². The Morgan fingerprint density at radius 2 is 1.76 bits per heavy atom. The Labute approximate surface area is 261 Å². The van der Waals surface area contributed by atoms with Crippen molar-refractivity contribution in [3.05, 3.63) is 94.2 Å². The number of amides is 1. The summed E-state index contributed by atoms with van der Waals surface area (Å²) in [6.45, 7) is 6.81. The number of hydrogen-bond donors (Lipinski definition) is 0. The summed E-state index contributed by atoms with van der Waals surface area (Å²) in [4.78, 5) is 35.5. The number of fused-ring (bicyclic) bond motifs is 2. The Bertz CT molecular complexity index is 1910. The van der Waals surface area contributed by atoms with E-state index in [2.05, 4.69) is 22.6 Å². The van der Waals surface area contributed by atoms with Crippen LogP contribution in [-0.2, 0) is 4.79 Å². The van der Waals surface area contributed by atoms with Crippen LogP contribution < -0.4 is 29.1 Å². The quantitative estimate of drug-likeness (QED) is 0.245. The first kappa shape index (κ1) is 29.8. The monoisotopic (exact) mass is 697 g/mol. The first-order valence-electron chi connectivity index (χ1n) is 13.6. The van der Waals surface area contributed by atoms with Gasteiger partial charge in [-0.3, -0.25) is 14.2 Å². The van der Waals surface area contributed by atoms with Crippen molar-refractivity contribution < 1.29 is 19.0 Å². The van der Waals surface area contributed by atoms with E-state index in [0.29, 0.717) is 50.9 Å². The van der Waals surface area contributed by atoms with E-state index in [0.717, 1.165) is 25.5 Å². The third-order valence-corrected chi connectivity index (χ3v) is 9.26. The van der Waals surface area contributed by atoms with Gasteiger partial charge in [0, 0.05) is 18.7 Å². The molecule has 0 unspecified atom stereocenters. The van der Waals surface area contributed by atoms with Crippen molar-refractivity contribution in [2.75, 3.05) is 34.4 Å². The fourth-order valence-corrected chi connectivity index (χ4v) is 7.35. The maximum Gasteiger partial charge on any atom is 0.271 e. The number of halogens is 1. The van der Waals surface area contributed by atoms with E-state index in [1.165, 1.54) is 11.3 Å². The van der Waals surface area contributed by atoms with Gasteiger partial charge < -0.3 is 19.1 Å². The highest BCUT2D eigenvalue weighted by Gasteiger charge is 2.36. The molecule has 1 atom stereocenters. The molecule has 10 heteroatoms. The molecule has 0 aliphatic carbocycles. The molecule has 0 saturated carbocycles. The zero-order chi connectivity index (χ0) is 30.1. The third-order valence-electron chi connectivity index (χ3n) is 7.48. The molecule has 218 valence electrons. The summed E-state index contributed by atoms with van der Waals surface area (Å²) in [6.07, 6.45) is 1.83. The third kappa shape index (κ3) is 5.11. The SMILES string of the molecule is CCN(CC)C(=O)C1=C(C)N=c2s/c(=C/c3cc(I)c(OC)c(OC)c3)c(=O)n2[C@H]1c1c(OC)ccc2ccccc12. The molecule has 42 heavy (non-hydrogen) atoms. The zero-order valence-corrected chi connectivity index (χ0v) is 27.3. The molecule has 1 aromatic heterocycles. The first-order chi connectivity index (χ1) is 20.3. The van der Waals surface area contributed by atoms with Crippen LogP contribution in [0.3, 0.4) is 0 Å². The van der Waals surface area contributed by atoms with Crippen molar-refractivity contribution in [3.63, 3.8) is 0 Å². The van der Waals surface area contributed by atoms with Crippen LogP contribution in [0.2, 0.25) is 0 Å². The molecular weight excluding hydrogens is 665 g/mol. The molecule has 0 bridgehead atoms. The molecule has 0 fully saturated rings. The Hall–Kier alpha value is -3.64. The minimum Gasteiger partial charge on any atom is -0.496 e. The zero-order valence-electron chi connectivity index (χ0n) is 24.4. The normalized spacial score (nSPS) is 14.9. The molecule has 1 aliphatic rings. The second-order valence-corrected chi connectivity index (χ2v) is 11.9. The lowest BCUT2D eigenvalue weighted by molar-refractivity contribution is -0.127. The van der Waals surface area contributed by atoms with Crippen LogP contribution in [-0.4, -0.2) is 49.8 Å². The van der Waals surface area contributed by atoms with Crippen LogP contribution in [0.5, 0.6) is 17.2 Å². The summed E-state index contributed by atoms with van der Waals surface area (Å²) in [5.41, 5.74) is 2.36. The molecular formula is C32H32IN3O5S. The number of likely N-dealkylation sites (N-methyl/N-ethyl adjacent to an activating group) is 1. The van der Waals surface area contributed by atoms with E-state index in [-0.39, 0.29) is 11.5 Å². The van der Waals surface area contributed by atoms with Crippen molar-refractivity contribution >= 4 is 56.7 Å². The lowest BCUT2D eigenvalue weighted by Crippen LogP contribution is -2.43. The van der Waals surface area contributed by atoms with Crippen LogP contribution in [0.1, 0.15) is 37.9 Å². The van der Waals surface area contributed by atoms with Gasteiger partial charge in [0.25, 0.3) is 11.5 Å². The lowest BCUT2D eigenvalue weighted by Gasteiger charge is -2.30. The molecule has 1 amide bonds. The maximum atomic E-state index is 14.3. The number of carbonyl (C=O) groups is 1.